The third kappa shape index (κ3) is 10.9. The van der Waals surface area contributed by atoms with E-state index in [1.807, 2.05) is 101 Å². The number of likely N-dealkylation sites (N-methyl/N-ethyl adjacent to an activating group) is 2. The van der Waals surface area contributed by atoms with Crippen molar-refractivity contribution in [2.75, 3.05) is 45.7 Å². The Morgan fingerprint density at radius 1 is 0.968 bits per heavy atom. The summed E-state index contributed by atoms with van der Waals surface area (Å²) in [5, 5.41) is 35.3. The Bertz CT molecular complexity index is 1810. The predicted octanol–water partition coefficient (Wildman–Crippen LogP) is 5.39. The molecule has 1 unspecified atom stereocenters. The van der Waals surface area contributed by atoms with Crippen molar-refractivity contribution in [3.05, 3.63) is 65.7 Å². The fourth-order valence-electron chi connectivity index (χ4n) is 10.6. The second kappa shape index (κ2) is 20.1. The van der Waals surface area contributed by atoms with Crippen molar-refractivity contribution in [3.8, 4) is 0 Å². The minimum atomic E-state index is -1.74. The summed E-state index contributed by atoms with van der Waals surface area (Å²) in [5.41, 5.74) is -0.449. The summed E-state index contributed by atoms with van der Waals surface area (Å²) in [4.78, 5) is 33.6. The van der Waals surface area contributed by atoms with E-state index in [2.05, 4.69) is 18.7 Å². The molecule has 6 rings (SSSR count). The molecule has 4 fully saturated rings. The van der Waals surface area contributed by atoms with Crippen LogP contribution in [0.15, 0.2) is 54.6 Å². The van der Waals surface area contributed by atoms with Gasteiger partial charge in [-0.1, -0.05) is 51.1 Å². The Kier molecular flexibility index (Phi) is 15.7. The molecule has 4 saturated heterocycles. The van der Waals surface area contributed by atoms with E-state index in [4.69, 9.17) is 28.4 Å². The van der Waals surface area contributed by atoms with E-state index in [9.17, 15) is 24.9 Å². The second-order valence-corrected chi connectivity index (χ2v) is 19.8. The lowest BCUT2D eigenvalue weighted by atomic mass is 9.78. The minimum absolute atomic E-state index is 0.0162. The Labute approximate surface area is 375 Å². The number of nitrogens with zero attached hydrogens (tertiary/aromatic N) is 3. The van der Waals surface area contributed by atoms with Crippen molar-refractivity contribution in [1.82, 2.24) is 9.80 Å². The maximum Gasteiger partial charge on any atom is 0.338 e. The summed E-state index contributed by atoms with van der Waals surface area (Å²) >= 11 is 0. The first-order valence-electron chi connectivity index (χ1n) is 23.1. The van der Waals surface area contributed by atoms with Crippen LogP contribution in [0.25, 0.3) is 0 Å². The lowest BCUT2D eigenvalue weighted by Gasteiger charge is -2.49. The number of cyclic esters (lactones) is 1. The van der Waals surface area contributed by atoms with E-state index >= 15 is 0 Å². The van der Waals surface area contributed by atoms with E-state index in [0.717, 1.165) is 11.3 Å². The van der Waals surface area contributed by atoms with Gasteiger partial charge >= 0.3 is 11.9 Å². The maximum absolute atomic E-state index is 14.4. The molecule has 0 radical (unpaired) electrons. The number of hydrogen-bond donors (Lipinski definition) is 3. The van der Waals surface area contributed by atoms with Crippen LogP contribution < -0.4 is 4.90 Å². The first kappa shape index (κ1) is 49.3. The highest BCUT2D eigenvalue weighted by Gasteiger charge is 2.58. The van der Waals surface area contributed by atoms with Crippen molar-refractivity contribution in [1.29, 1.82) is 0 Å². The number of ether oxygens (including phenoxy) is 6. The summed E-state index contributed by atoms with van der Waals surface area (Å²) in [6, 6.07) is 16.3. The molecular weight excluding hydrogens is 807 g/mol. The number of rotatable bonds is 8. The summed E-state index contributed by atoms with van der Waals surface area (Å²) in [7, 11) is 5.81. The van der Waals surface area contributed by atoms with Gasteiger partial charge in [0, 0.05) is 56.2 Å². The molecule has 0 saturated carbocycles. The monoisotopic (exact) mass is 882 g/mol. The van der Waals surface area contributed by atoms with Gasteiger partial charge in [0.1, 0.15) is 30.5 Å². The standard InChI is InChI=1S/C49H75N3O11/c1-12-39-48(8,57)42(54)34(6)51(11)28-30(2)27-47(7)43(61-46-40(53)38(50(9)10)26-31(3)59-46)32(4)41(33(5)44(55)60-39)62-49(63-47)22-24-52(25-23-49)37-20-18-36(19-21-37)45(56)58-29-35-16-14-13-15-17-35/h13-21,30-34,38-43,46,53-54,57H,12,22-29H2,1-11H3/t30-,31-,32+,33-,34-,38?,39-,40-,41+,42-,43-,46+,47-,48-/m1/s1. The molecule has 14 nitrogen and oxygen atoms in total. The summed E-state index contributed by atoms with van der Waals surface area (Å²) in [6.07, 6.45) is -3.54. The largest absolute Gasteiger partial charge is 0.459 e. The second-order valence-electron chi connectivity index (χ2n) is 19.8. The molecule has 4 aliphatic rings. The smallest absolute Gasteiger partial charge is 0.338 e. The molecule has 2 aromatic rings. The molecule has 14 atom stereocenters. The molecule has 0 aliphatic carbocycles. The van der Waals surface area contributed by atoms with E-state index < -0.39 is 83.6 Å². The summed E-state index contributed by atoms with van der Waals surface area (Å²) in [5.74, 6) is -3.45. The van der Waals surface area contributed by atoms with Gasteiger partial charge < -0.3 is 58.4 Å². The Hall–Kier alpha value is -3.18. The number of hydrogen-bond acceptors (Lipinski definition) is 14. The highest BCUT2D eigenvalue weighted by molar-refractivity contribution is 5.89. The van der Waals surface area contributed by atoms with Gasteiger partial charge in [-0.15, -0.1) is 0 Å². The number of benzene rings is 2. The lowest BCUT2D eigenvalue weighted by Crippen LogP contribution is -2.60. The highest BCUT2D eigenvalue weighted by atomic mass is 16.7. The van der Waals surface area contributed by atoms with Crippen LogP contribution in [0.5, 0.6) is 0 Å². The van der Waals surface area contributed by atoms with Gasteiger partial charge in [0.2, 0.25) is 0 Å². The summed E-state index contributed by atoms with van der Waals surface area (Å²) < 4.78 is 39.9. The van der Waals surface area contributed by atoms with Crippen molar-refractivity contribution < 1.29 is 53.3 Å². The van der Waals surface area contributed by atoms with Gasteiger partial charge in [-0.2, -0.15) is 0 Å². The SMILES string of the molecule is CC[C@H]1OC(=O)[C@H](C)[C@H]2OC3(CCN(c4ccc(C(=O)OCc5ccccc5)cc4)CC3)O[C@](C)(C[C@@H](C)CN(C)[C@H](C)[C@@H](O)[C@]1(C)O)[C@H](O[C@@H]1O[C@H](C)CC(N(C)C)[C@H]1O)[C@H]2C. The quantitative estimate of drug-likeness (QED) is 0.290. The zero-order valence-corrected chi connectivity index (χ0v) is 39.4. The third-order valence-corrected chi connectivity index (χ3v) is 14.4. The first-order valence-corrected chi connectivity index (χ1v) is 23.1. The average Bonchev–Trinajstić information content (AvgIpc) is 3.33. The van der Waals surface area contributed by atoms with Crippen LogP contribution in [0.1, 0.15) is 103 Å². The Morgan fingerprint density at radius 3 is 2.24 bits per heavy atom. The molecule has 1 spiro atoms. The van der Waals surface area contributed by atoms with Crippen LogP contribution in [0.2, 0.25) is 0 Å². The van der Waals surface area contributed by atoms with Crippen molar-refractivity contribution >= 4 is 17.6 Å². The number of fused-ring (bicyclic) bond motifs is 3. The fraction of sp³-hybridized carbons (Fsp3) is 0.714. The number of carbonyl (C=O) groups is 2. The van der Waals surface area contributed by atoms with Crippen LogP contribution in [-0.4, -0.2) is 150 Å². The van der Waals surface area contributed by atoms with Gasteiger partial charge in [-0.3, -0.25) is 4.79 Å². The number of anilines is 1. The molecule has 3 N–H and O–H groups in total. The normalized spacial score (nSPS) is 38.4. The van der Waals surface area contributed by atoms with Gasteiger partial charge in [0.15, 0.2) is 12.1 Å². The van der Waals surface area contributed by atoms with E-state index in [0.29, 0.717) is 50.9 Å². The number of carbonyl (C=O) groups excluding carboxylic acids is 2. The topological polar surface area (TPSA) is 160 Å². The Morgan fingerprint density at radius 2 is 1.62 bits per heavy atom. The fourth-order valence-corrected chi connectivity index (χ4v) is 10.6. The van der Waals surface area contributed by atoms with E-state index in [1.54, 1.807) is 19.1 Å². The average molecular weight is 882 g/mol. The van der Waals surface area contributed by atoms with Crippen LogP contribution in [0.4, 0.5) is 5.69 Å². The number of piperidine rings is 1. The van der Waals surface area contributed by atoms with Crippen LogP contribution >= 0.6 is 0 Å². The van der Waals surface area contributed by atoms with Crippen LogP contribution in [0.3, 0.4) is 0 Å². The molecule has 2 bridgehead atoms. The molecule has 2 aromatic carbocycles. The zero-order valence-electron chi connectivity index (χ0n) is 39.4. The molecule has 4 heterocycles. The van der Waals surface area contributed by atoms with Crippen molar-refractivity contribution in [2.24, 2.45) is 17.8 Å². The van der Waals surface area contributed by atoms with E-state index in [-0.39, 0.29) is 31.1 Å². The van der Waals surface area contributed by atoms with Gasteiger partial charge in [-0.05, 0) is 111 Å². The van der Waals surface area contributed by atoms with Gasteiger partial charge in [0.25, 0.3) is 0 Å². The predicted molar refractivity (Wildman–Crippen MR) is 239 cm³/mol. The Balaban J connectivity index is 1.34. The van der Waals surface area contributed by atoms with Crippen molar-refractivity contribution in [2.45, 2.75) is 166 Å². The van der Waals surface area contributed by atoms with Crippen molar-refractivity contribution in [3.63, 3.8) is 0 Å². The number of aliphatic hydroxyl groups excluding tert-OH is 2. The van der Waals surface area contributed by atoms with Crippen LogP contribution in [0, 0.1) is 17.8 Å². The molecule has 0 amide bonds. The van der Waals surface area contributed by atoms with Gasteiger partial charge in [0.05, 0.1) is 35.4 Å². The zero-order chi connectivity index (χ0) is 46.0. The molecular formula is C49H75N3O11. The molecule has 63 heavy (non-hydrogen) atoms. The first-order chi connectivity index (χ1) is 29.7. The molecule has 4 aliphatic heterocycles. The summed E-state index contributed by atoms with van der Waals surface area (Å²) in [6.45, 7) is 17.1. The molecule has 352 valence electrons. The minimum Gasteiger partial charge on any atom is -0.459 e. The molecule has 0 aromatic heterocycles. The maximum atomic E-state index is 14.4. The lowest BCUT2D eigenvalue weighted by molar-refractivity contribution is -0.328. The number of aliphatic hydroxyl groups is 3. The number of esters is 2. The van der Waals surface area contributed by atoms with Crippen LogP contribution in [-0.2, 0) is 39.8 Å². The molecule has 14 heteroatoms. The highest BCUT2D eigenvalue weighted by Crippen LogP contribution is 2.48. The van der Waals surface area contributed by atoms with E-state index in [1.165, 1.54) is 6.92 Å². The third-order valence-electron chi connectivity index (χ3n) is 14.4. The van der Waals surface area contributed by atoms with Gasteiger partial charge in [-0.25, -0.2) is 4.79 Å².